The summed E-state index contributed by atoms with van der Waals surface area (Å²) in [6.45, 7) is 1.53. The molecule has 1 aliphatic carbocycles. The smallest absolute Gasteiger partial charge is 0.391 e. The lowest BCUT2D eigenvalue weighted by molar-refractivity contribution is -0.185. The molecule has 0 spiro atoms. The molecule has 0 heterocycles. The molecular formula is C19H18F3IO2. The van der Waals surface area contributed by atoms with Gasteiger partial charge in [0.05, 0.1) is 15.6 Å². The molecular weight excluding hydrogens is 444 g/mol. The van der Waals surface area contributed by atoms with Gasteiger partial charge in [0.15, 0.2) is 5.78 Å². The number of ketones is 1. The van der Waals surface area contributed by atoms with Crippen LogP contribution in [0.15, 0.2) is 30.3 Å². The summed E-state index contributed by atoms with van der Waals surface area (Å²) in [4.78, 5) is 11.5. The predicted molar refractivity (Wildman–Crippen MR) is 99.1 cm³/mol. The molecule has 6 heteroatoms. The first-order chi connectivity index (χ1) is 11.8. The molecule has 1 aliphatic rings. The van der Waals surface area contributed by atoms with E-state index in [0.717, 1.165) is 14.3 Å². The average Bonchev–Trinajstić information content (AvgIpc) is 2.56. The number of rotatable bonds is 3. The van der Waals surface area contributed by atoms with Crippen LogP contribution < -0.4 is 4.74 Å². The zero-order valence-corrected chi connectivity index (χ0v) is 15.9. The number of fused-ring (bicyclic) bond motifs is 1. The second-order valence-electron chi connectivity index (χ2n) is 6.50. The third-order valence-corrected chi connectivity index (χ3v) is 5.87. The fraction of sp³-hybridized carbons (Fsp3) is 0.421. The van der Waals surface area contributed by atoms with E-state index in [9.17, 15) is 18.0 Å². The van der Waals surface area contributed by atoms with E-state index < -0.39 is 12.1 Å². The highest BCUT2D eigenvalue weighted by Gasteiger charge is 2.41. The summed E-state index contributed by atoms with van der Waals surface area (Å²) in [6, 6.07) is 9.25. The van der Waals surface area contributed by atoms with E-state index in [0.29, 0.717) is 24.2 Å². The Morgan fingerprint density at radius 3 is 2.40 bits per heavy atom. The zero-order chi connectivity index (χ0) is 18.2. The molecule has 0 bridgehead atoms. The minimum absolute atomic E-state index is 0.0126. The number of ether oxygens (including phenoxy) is 1. The van der Waals surface area contributed by atoms with E-state index >= 15 is 0 Å². The standard InChI is InChI=1S/C19H18F3IO2/c1-11(24)12-2-8-16-13(10-12)3-9-17(18(16)23)25-15-6-4-14(5-7-15)19(20,21)22/h2-3,8-10,14-15H,4-7H2,1H3. The van der Waals surface area contributed by atoms with Crippen LogP contribution in [0.2, 0.25) is 0 Å². The van der Waals surface area contributed by atoms with E-state index in [1.54, 1.807) is 6.07 Å². The zero-order valence-electron chi connectivity index (χ0n) is 13.7. The van der Waals surface area contributed by atoms with Crippen LogP contribution in [0.1, 0.15) is 43.0 Å². The third kappa shape index (κ3) is 4.10. The molecule has 0 saturated heterocycles. The molecule has 1 saturated carbocycles. The number of alkyl halides is 3. The van der Waals surface area contributed by atoms with Crippen molar-refractivity contribution >= 4 is 39.1 Å². The largest absolute Gasteiger partial charge is 0.489 e. The molecule has 0 aliphatic heterocycles. The maximum absolute atomic E-state index is 12.8. The summed E-state index contributed by atoms with van der Waals surface area (Å²) in [7, 11) is 0. The Labute approximate surface area is 157 Å². The Morgan fingerprint density at radius 2 is 1.80 bits per heavy atom. The Hall–Kier alpha value is -1.31. The van der Waals surface area contributed by atoms with Crippen molar-refractivity contribution in [2.75, 3.05) is 0 Å². The van der Waals surface area contributed by atoms with Gasteiger partial charge in [-0.25, -0.2) is 0 Å². The van der Waals surface area contributed by atoms with Crippen molar-refractivity contribution in [2.45, 2.75) is 44.9 Å². The maximum Gasteiger partial charge on any atom is 0.391 e. The summed E-state index contributed by atoms with van der Waals surface area (Å²) in [5.74, 6) is -0.495. The van der Waals surface area contributed by atoms with Crippen LogP contribution in [0.4, 0.5) is 13.2 Å². The SMILES string of the molecule is CC(=O)c1ccc2c(I)c(OC3CCC(C(F)(F)F)CC3)ccc2c1. The molecule has 2 aromatic carbocycles. The van der Waals surface area contributed by atoms with Gasteiger partial charge in [0.2, 0.25) is 0 Å². The highest BCUT2D eigenvalue weighted by atomic mass is 127. The number of hydrogen-bond donors (Lipinski definition) is 0. The van der Waals surface area contributed by atoms with Gasteiger partial charge in [0, 0.05) is 5.56 Å². The lowest BCUT2D eigenvalue weighted by Gasteiger charge is -2.30. The summed E-state index contributed by atoms with van der Waals surface area (Å²) >= 11 is 2.19. The summed E-state index contributed by atoms with van der Waals surface area (Å²) in [5, 5.41) is 1.93. The molecule has 0 radical (unpaired) electrons. The molecule has 2 nitrogen and oxygen atoms in total. The minimum atomic E-state index is -4.10. The number of hydrogen-bond acceptors (Lipinski definition) is 2. The Balaban J connectivity index is 1.75. The molecule has 1 fully saturated rings. The maximum atomic E-state index is 12.8. The number of carbonyl (C=O) groups is 1. The second-order valence-corrected chi connectivity index (χ2v) is 7.58. The lowest BCUT2D eigenvalue weighted by atomic mass is 9.87. The van der Waals surface area contributed by atoms with Crippen LogP contribution in [0.5, 0.6) is 5.75 Å². The Kier molecular flexibility index (Phi) is 5.27. The number of benzene rings is 2. The Bertz CT molecular complexity index is 793. The van der Waals surface area contributed by atoms with E-state index in [1.165, 1.54) is 6.92 Å². The van der Waals surface area contributed by atoms with Crippen LogP contribution in [0.25, 0.3) is 10.8 Å². The normalized spacial score (nSPS) is 21.3. The van der Waals surface area contributed by atoms with Gasteiger partial charge in [-0.1, -0.05) is 18.2 Å². The van der Waals surface area contributed by atoms with Crippen LogP contribution in [-0.4, -0.2) is 18.1 Å². The van der Waals surface area contributed by atoms with Crippen molar-refractivity contribution in [2.24, 2.45) is 5.92 Å². The molecule has 2 aromatic rings. The molecule has 0 aromatic heterocycles. The quantitative estimate of drug-likeness (QED) is 0.404. The van der Waals surface area contributed by atoms with E-state index in [1.807, 2.05) is 24.3 Å². The summed E-state index contributed by atoms with van der Waals surface area (Å²) in [6.07, 6.45) is -3.19. The highest BCUT2D eigenvalue weighted by molar-refractivity contribution is 14.1. The topological polar surface area (TPSA) is 26.3 Å². The first-order valence-electron chi connectivity index (χ1n) is 8.22. The molecule has 3 rings (SSSR count). The van der Waals surface area contributed by atoms with Crippen molar-refractivity contribution in [1.82, 2.24) is 0 Å². The first kappa shape index (κ1) is 18.5. The van der Waals surface area contributed by atoms with Gasteiger partial charge in [0.25, 0.3) is 0 Å². The van der Waals surface area contributed by atoms with Crippen molar-refractivity contribution in [1.29, 1.82) is 0 Å². The third-order valence-electron chi connectivity index (χ3n) is 4.76. The van der Waals surface area contributed by atoms with Gasteiger partial charge in [-0.2, -0.15) is 13.2 Å². The van der Waals surface area contributed by atoms with Crippen molar-refractivity contribution in [3.8, 4) is 5.75 Å². The lowest BCUT2D eigenvalue weighted by Crippen LogP contribution is -2.32. The molecule has 0 amide bonds. The molecule has 0 N–H and O–H groups in total. The number of Topliss-reactive ketones (excluding diaryl/α,β-unsaturated/α-hetero) is 1. The summed E-state index contributed by atoms with van der Waals surface area (Å²) in [5.41, 5.74) is 0.655. The fourth-order valence-corrected chi connectivity index (χ4v) is 4.07. The molecule has 134 valence electrons. The predicted octanol–water partition coefficient (Wildman–Crippen LogP) is 6.15. The van der Waals surface area contributed by atoms with Crippen molar-refractivity contribution in [3.05, 3.63) is 39.5 Å². The van der Waals surface area contributed by atoms with E-state index in [2.05, 4.69) is 22.6 Å². The average molecular weight is 462 g/mol. The van der Waals surface area contributed by atoms with Gasteiger partial charge in [-0.15, -0.1) is 0 Å². The van der Waals surface area contributed by atoms with Crippen molar-refractivity contribution in [3.63, 3.8) is 0 Å². The molecule has 0 unspecified atom stereocenters. The number of carbonyl (C=O) groups excluding carboxylic acids is 1. The monoisotopic (exact) mass is 462 g/mol. The molecule has 0 atom stereocenters. The molecule has 25 heavy (non-hydrogen) atoms. The van der Waals surface area contributed by atoms with Gasteiger partial charge in [0.1, 0.15) is 5.75 Å². The van der Waals surface area contributed by atoms with Crippen LogP contribution in [0, 0.1) is 9.49 Å². The minimum Gasteiger partial charge on any atom is -0.489 e. The first-order valence-corrected chi connectivity index (χ1v) is 9.30. The number of halogens is 4. The van der Waals surface area contributed by atoms with Gasteiger partial charge in [-0.3, -0.25) is 4.79 Å². The summed E-state index contributed by atoms with van der Waals surface area (Å²) < 4.78 is 45.2. The van der Waals surface area contributed by atoms with Gasteiger partial charge >= 0.3 is 6.18 Å². The van der Waals surface area contributed by atoms with Crippen LogP contribution in [-0.2, 0) is 0 Å². The van der Waals surface area contributed by atoms with Gasteiger partial charge in [-0.05, 0) is 78.1 Å². The van der Waals surface area contributed by atoms with Crippen LogP contribution in [0.3, 0.4) is 0 Å². The van der Waals surface area contributed by atoms with Crippen molar-refractivity contribution < 1.29 is 22.7 Å². The Morgan fingerprint density at radius 1 is 1.12 bits per heavy atom. The van der Waals surface area contributed by atoms with E-state index in [-0.39, 0.29) is 24.7 Å². The van der Waals surface area contributed by atoms with Crippen LogP contribution >= 0.6 is 22.6 Å². The highest BCUT2D eigenvalue weighted by Crippen LogP contribution is 2.39. The second kappa shape index (κ2) is 7.13. The fourth-order valence-electron chi connectivity index (χ4n) is 3.27. The van der Waals surface area contributed by atoms with Gasteiger partial charge < -0.3 is 4.74 Å². The van der Waals surface area contributed by atoms with E-state index in [4.69, 9.17) is 4.74 Å².